The third-order valence-corrected chi connectivity index (χ3v) is 2.74. The molecule has 82 valence electrons. The number of hydrogen-bond acceptors (Lipinski definition) is 2. The Morgan fingerprint density at radius 1 is 1.67 bits per heavy atom. The monoisotopic (exact) mass is 206 g/mol. The molecule has 4 nitrogen and oxygen atoms in total. The van der Waals surface area contributed by atoms with Crippen LogP contribution in [0.3, 0.4) is 0 Å². The normalized spacial score (nSPS) is 15.5. The van der Waals surface area contributed by atoms with Gasteiger partial charge in [-0.25, -0.2) is 0 Å². The largest absolute Gasteiger partial charge is 0.387 e. The van der Waals surface area contributed by atoms with E-state index >= 15 is 0 Å². The first-order valence-electron chi connectivity index (χ1n) is 5.59. The van der Waals surface area contributed by atoms with Crippen LogP contribution in [-0.2, 0) is 13.0 Å². The zero-order chi connectivity index (χ0) is 10.8. The Hall–Kier alpha value is -1.32. The zero-order valence-electron chi connectivity index (χ0n) is 9.16. The van der Waals surface area contributed by atoms with Gasteiger partial charge >= 0.3 is 0 Å². The summed E-state index contributed by atoms with van der Waals surface area (Å²) < 4.78 is 2.09. The Morgan fingerprint density at radius 2 is 2.40 bits per heavy atom. The van der Waals surface area contributed by atoms with Gasteiger partial charge in [0.25, 0.3) is 0 Å². The molecular weight excluding hydrogens is 188 g/mol. The minimum atomic E-state index is 0.230. The summed E-state index contributed by atoms with van der Waals surface area (Å²) in [6.07, 6.45) is 6.06. The number of rotatable bonds is 5. The van der Waals surface area contributed by atoms with Crippen LogP contribution in [0.4, 0.5) is 0 Å². The van der Waals surface area contributed by atoms with Crippen molar-refractivity contribution in [1.29, 1.82) is 5.41 Å². The summed E-state index contributed by atoms with van der Waals surface area (Å²) in [5.74, 6) is 0.904. The van der Waals surface area contributed by atoms with Gasteiger partial charge in [-0.2, -0.15) is 5.10 Å². The molecule has 0 aromatic carbocycles. The number of nitrogens with two attached hydrogens (primary N) is 1. The molecule has 1 aromatic heterocycles. The highest BCUT2D eigenvalue weighted by Gasteiger charge is 2.29. The first kappa shape index (κ1) is 10.2. The number of aryl methyl sites for hydroxylation is 1. The Morgan fingerprint density at radius 3 is 2.93 bits per heavy atom. The molecule has 1 aliphatic carbocycles. The number of aromatic nitrogens is 2. The summed E-state index contributed by atoms with van der Waals surface area (Å²) in [4.78, 5) is 0. The smallest absolute Gasteiger partial charge is 0.0951 e. The molecule has 1 aliphatic rings. The lowest BCUT2D eigenvalue weighted by Gasteiger charge is -2.07. The highest BCUT2D eigenvalue weighted by atomic mass is 15.3. The van der Waals surface area contributed by atoms with Gasteiger partial charge in [0, 0.05) is 30.1 Å². The number of nitrogens with zero attached hydrogens (tertiary/aromatic N) is 2. The number of nitrogens with one attached hydrogen (secondary N) is 1. The molecule has 4 heteroatoms. The van der Waals surface area contributed by atoms with Crippen LogP contribution in [0.5, 0.6) is 0 Å². The average Bonchev–Trinajstić information content (AvgIpc) is 2.92. The van der Waals surface area contributed by atoms with E-state index in [1.165, 1.54) is 18.5 Å². The van der Waals surface area contributed by atoms with Crippen molar-refractivity contribution >= 4 is 5.84 Å². The fourth-order valence-corrected chi connectivity index (χ4v) is 1.99. The second-order valence-corrected chi connectivity index (χ2v) is 4.25. The van der Waals surface area contributed by atoms with Crippen molar-refractivity contribution in [3.8, 4) is 0 Å². The van der Waals surface area contributed by atoms with Gasteiger partial charge in [0.15, 0.2) is 0 Å². The van der Waals surface area contributed by atoms with Crippen LogP contribution < -0.4 is 5.73 Å². The van der Waals surface area contributed by atoms with E-state index in [1.54, 1.807) is 0 Å². The van der Waals surface area contributed by atoms with Gasteiger partial charge in [0.05, 0.1) is 12.0 Å². The Labute approximate surface area is 90.0 Å². The minimum absolute atomic E-state index is 0.230. The molecule has 0 amide bonds. The highest BCUT2D eigenvalue weighted by Crippen LogP contribution is 2.41. The molecule has 1 fully saturated rings. The molecule has 3 N–H and O–H groups in total. The molecule has 1 aromatic rings. The van der Waals surface area contributed by atoms with Crippen LogP contribution >= 0.6 is 0 Å². The van der Waals surface area contributed by atoms with Crippen molar-refractivity contribution < 1.29 is 0 Å². The van der Waals surface area contributed by atoms with Crippen LogP contribution in [0.15, 0.2) is 6.20 Å². The van der Waals surface area contributed by atoms with E-state index in [2.05, 4.69) is 16.7 Å². The molecule has 0 bridgehead atoms. The molecule has 0 atom stereocenters. The van der Waals surface area contributed by atoms with Gasteiger partial charge in [-0.3, -0.25) is 10.1 Å². The van der Waals surface area contributed by atoms with E-state index in [0.29, 0.717) is 12.3 Å². The summed E-state index contributed by atoms with van der Waals surface area (Å²) in [7, 11) is 0. The maximum absolute atomic E-state index is 7.34. The van der Waals surface area contributed by atoms with Crippen molar-refractivity contribution in [3.05, 3.63) is 17.5 Å². The maximum Gasteiger partial charge on any atom is 0.0951 e. The molecular formula is C11H18N4. The van der Waals surface area contributed by atoms with E-state index < -0.39 is 0 Å². The summed E-state index contributed by atoms with van der Waals surface area (Å²) in [5, 5.41) is 11.7. The van der Waals surface area contributed by atoms with Crippen molar-refractivity contribution in [3.63, 3.8) is 0 Å². The summed E-state index contributed by atoms with van der Waals surface area (Å²) in [5.41, 5.74) is 7.92. The van der Waals surface area contributed by atoms with E-state index in [1.807, 2.05) is 6.20 Å². The van der Waals surface area contributed by atoms with Gasteiger partial charge in [-0.15, -0.1) is 0 Å². The third-order valence-electron chi connectivity index (χ3n) is 2.74. The molecule has 0 spiro atoms. The lowest BCUT2D eigenvalue weighted by molar-refractivity contribution is 0.574. The highest BCUT2D eigenvalue weighted by molar-refractivity contribution is 5.79. The lowest BCUT2D eigenvalue weighted by Crippen LogP contribution is -2.14. The maximum atomic E-state index is 7.34. The Kier molecular flexibility index (Phi) is 2.75. The van der Waals surface area contributed by atoms with Gasteiger partial charge in [-0.1, -0.05) is 6.92 Å². The second kappa shape index (κ2) is 4.04. The van der Waals surface area contributed by atoms with Crippen LogP contribution in [0.2, 0.25) is 0 Å². The molecule has 1 saturated carbocycles. The molecule has 0 unspecified atom stereocenters. The summed E-state index contributed by atoms with van der Waals surface area (Å²) in [6.45, 7) is 3.13. The second-order valence-electron chi connectivity index (χ2n) is 4.25. The zero-order valence-corrected chi connectivity index (χ0v) is 9.16. The van der Waals surface area contributed by atoms with Crippen molar-refractivity contribution in [2.75, 3.05) is 0 Å². The van der Waals surface area contributed by atoms with Crippen molar-refractivity contribution in [2.45, 2.75) is 45.1 Å². The molecule has 0 saturated heterocycles. The van der Waals surface area contributed by atoms with Crippen LogP contribution in [-0.4, -0.2) is 15.6 Å². The quantitative estimate of drug-likeness (QED) is 0.568. The number of hydrogen-bond donors (Lipinski definition) is 2. The predicted molar refractivity (Wildman–Crippen MR) is 60.1 cm³/mol. The van der Waals surface area contributed by atoms with Crippen LogP contribution in [0.25, 0.3) is 0 Å². The van der Waals surface area contributed by atoms with Gasteiger partial charge in [0.2, 0.25) is 0 Å². The lowest BCUT2D eigenvalue weighted by atomic mass is 10.1. The fourth-order valence-electron chi connectivity index (χ4n) is 1.99. The van der Waals surface area contributed by atoms with E-state index in [4.69, 9.17) is 11.1 Å². The molecule has 1 heterocycles. The van der Waals surface area contributed by atoms with Crippen molar-refractivity contribution in [1.82, 2.24) is 9.78 Å². The van der Waals surface area contributed by atoms with Crippen molar-refractivity contribution in [2.24, 2.45) is 5.73 Å². The van der Waals surface area contributed by atoms with E-state index in [0.717, 1.165) is 18.5 Å². The predicted octanol–water partition coefficient (Wildman–Crippen LogP) is 1.65. The third kappa shape index (κ3) is 2.19. The van der Waals surface area contributed by atoms with Gasteiger partial charge in [0.1, 0.15) is 0 Å². The number of amidine groups is 1. The minimum Gasteiger partial charge on any atom is -0.387 e. The topological polar surface area (TPSA) is 67.7 Å². The molecule has 15 heavy (non-hydrogen) atoms. The first-order valence-corrected chi connectivity index (χ1v) is 5.59. The summed E-state index contributed by atoms with van der Waals surface area (Å²) in [6, 6.07) is 0. The van der Waals surface area contributed by atoms with E-state index in [9.17, 15) is 0 Å². The Balaban J connectivity index is 2.24. The van der Waals surface area contributed by atoms with Gasteiger partial charge < -0.3 is 5.73 Å². The Bertz CT molecular complexity index is 363. The summed E-state index contributed by atoms with van der Waals surface area (Å²) >= 11 is 0. The van der Waals surface area contributed by atoms with Crippen LogP contribution in [0.1, 0.15) is 43.4 Å². The molecule has 0 radical (unpaired) electrons. The van der Waals surface area contributed by atoms with Gasteiger partial charge in [-0.05, 0) is 19.3 Å². The fraction of sp³-hybridized carbons (Fsp3) is 0.636. The molecule has 0 aliphatic heterocycles. The van der Waals surface area contributed by atoms with Crippen LogP contribution in [0, 0.1) is 5.41 Å². The standard InChI is InChI=1S/C11H18N4/c1-2-5-15-11(8-3-4-8)9(7-14-15)6-10(12)13/h7-8H,2-6H2,1H3,(H3,12,13). The molecule has 2 rings (SSSR count). The SMILES string of the molecule is CCCn1ncc(CC(=N)N)c1C1CC1. The first-order chi connectivity index (χ1) is 7.22. The average molecular weight is 206 g/mol. The van der Waals surface area contributed by atoms with E-state index in [-0.39, 0.29) is 5.84 Å².